The third-order valence-corrected chi connectivity index (χ3v) is 1.97. The molecular formula is C8H17N3O. The molecule has 0 radical (unpaired) electrons. The van der Waals surface area contributed by atoms with E-state index >= 15 is 0 Å². The van der Waals surface area contributed by atoms with E-state index in [-0.39, 0.29) is 12.2 Å². The van der Waals surface area contributed by atoms with Crippen molar-refractivity contribution in [1.82, 2.24) is 4.90 Å². The minimum Gasteiger partial charge on any atom is -0.372 e. The summed E-state index contributed by atoms with van der Waals surface area (Å²) in [5, 5.41) is 0. The zero-order chi connectivity index (χ0) is 9.14. The molecule has 0 bridgehead atoms. The topological polar surface area (TPSA) is 50.8 Å². The van der Waals surface area contributed by atoms with Gasteiger partial charge in [0.05, 0.1) is 12.2 Å². The highest BCUT2D eigenvalue weighted by molar-refractivity contribution is 5.78. The van der Waals surface area contributed by atoms with Gasteiger partial charge in [-0.1, -0.05) is 0 Å². The number of nitrogens with zero attached hydrogens (tertiary/aromatic N) is 2. The van der Waals surface area contributed by atoms with Crippen molar-refractivity contribution in [3.05, 3.63) is 0 Å². The lowest BCUT2D eigenvalue weighted by Gasteiger charge is -2.35. The van der Waals surface area contributed by atoms with E-state index in [0.29, 0.717) is 5.96 Å². The second-order valence-electron chi connectivity index (χ2n) is 3.24. The molecule has 70 valence electrons. The van der Waals surface area contributed by atoms with Crippen LogP contribution in [-0.4, -0.2) is 43.2 Å². The molecule has 1 heterocycles. The zero-order valence-corrected chi connectivity index (χ0v) is 7.95. The first-order valence-corrected chi connectivity index (χ1v) is 4.26. The monoisotopic (exact) mass is 171 g/mol. The Balaban J connectivity index is 2.55. The Bertz CT molecular complexity index is 171. The Kier molecular flexibility index (Phi) is 2.92. The van der Waals surface area contributed by atoms with Crippen LogP contribution in [0.2, 0.25) is 0 Å². The van der Waals surface area contributed by atoms with Crippen molar-refractivity contribution in [2.75, 3.05) is 20.1 Å². The molecule has 0 saturated carbocycles. The lowest BCUT2D eigenvalue weighted by atomic mass is 10.2. The quantitative estimate of drug-likeness (QED) is 0.413. The van der Waals surface area contributed by atoms with Gasteiger partial charge in [-0.2, -0.15) is 0 Å². The molecule has 0 amide bonds. The van der Waals surface area contributed by atoms with E-state index in [9.17, 15) is 0 Å². The van der Waals surface area contributed by atoms with Gasteiger partial charge in [-0.15, -0.1) is 0 Å². The van der Waals surface area contributed by atoms with E-state index < -0.39 is 0 Å². The molecule has 0 unspecified atom stereocenters. The first-order valence-electron chi connectivity index (χ1n) is 4.26. The van der Waals surface area contributed by atoms with E-state index in [1.54, 1.807) is 7.05 Å². The lowest BCUT2D eigenvalue weighted by molar-refractivity contribution is -0.0483. The maximum Gasteiger partial charge on any atom is 0.191 e. The van der Waals surface area contributed by atoms with Crippen molar-refractivity contribution in [3.8, 4) is 0 Å². The van der Waals surface area contributed by atoms with Gasteiger partial charge in [-0.25, -0.2) is 0 Å². The Morgan fingerprint density at radius 3 is 2.33 bits per heavy atom. The number of ether oxygens (including phenoxy) is 1. The number of hydrogen-bond donors (Lipinski definition) is 1. The lowest BCUT2D eigenvalue weighted by Crippen LogP contribution is -2.50. The van der Waals surface area contributed by atoms with Crippen LogP contribution >= 0.6 is 0 Å². The van der Waals surface area contributed by atoms with Crippen molar-refractivity contribution < 1.29 is 4.74 Å². The fourth-order valence-corrected chi connectivity index (χ4v) is 1.51. The summed E-state index contributed by atoms with van der Waals surface area (Å²) in [6.07, 6.45) is 0.489. The van der Waals surface area contributed by atoms with Crippen LogP contribution in [0.3, 0.4) is 0 Å². The van der Waals surface area contributed by atoms with Gasteiger partial charge >= 0.3 is 0 Å². The molecule has 4 nitrogen and oxygen atoms in total. The molecule has 0 aromatic heterocycles. The number of nitrogens with two attached hydrogens (primary N) is 1. The van der Waals surface area contributed by atoms with Crippen LogP contribution in [0, 0.1) is 0 Å². The highest BCUT2D eigenvalue weighted by Gasteiger charge is 2.22. The molecule has 1 aliphatic heterocycles. The molecule has 1 aliphatic rings. The minimum absolute atomic E-state index is 0.244. The van der Waals surface area contributed by atoms with Gasteiger partial charge in [0.15, 0.2) is 5.96 Å². The van der Waals surface area contributed by atoms with Gasteiger partial charge < -0.3 is 15.4 Å². The first-order chi connectivity index (χ1) is 5.63. The van der Waals surface area contributed by atoms with Crippen LogP contribution in [0.15, 0.2) is 4.99 Å². The Morgan fingerprint density at radius 1 is 1.42 bits per heavy atom. The summed E-state index contributed by atoms with van der Waals surface area (Å²) in [7, 11) is 1.71. The highest BCUT2D eigenvalue weighted by Crippen LogP contribution is 2.09. The molecule has 0 aromatic carbocycles. The minimum atomic E-state index is 0.244. The summed E-state index contributed by atoms with van der Waals surface area (Å²) >= 11 is 0. The summed E-state index contributed by atoms with van der Waals surface area (Å²) in [5.41, 5.74) is 5.69. The van der Waals surface area contributed by atoms with Gasteiger partial charge in [-0.05, 0) is 13.8 Å². The standard InChI is InChI=1S/C8H17N3O/c1-6-4-11(8(9)10-3)5-7(2)12-6/h6-7H,4-5H2,1-3H3,(H2,9,10)/t6-,7+. The smallest absolute Gasteiger partial charge is 0.191 e. The summed E-state index contributed by atoms with van der Waals surface area (Å²) < 4.78 is 5.56. The maximum atomic E-state index is 5.69. The van der Waals surface area contributed by atoms with Crippen LogP contribution in [0.4, 0.5) is 0 Å². The zero-order valence-electron chi connectivity index (χ0n) is 7.95. The molecule has 1 saturated heterocycles. The fraction of sp³-hybridized carbons (Fsp3) is 0.875. The van der Waals surface area contributed by atoms with Gasteiger partial charge in [0.1, 0.15) is 0 Å². The van der Waals surface area contributed by atoms with Gasteiger partial charge in [0.25, 0.3) is 0 Å². The fourth-order valence-electron chi connectivity index (χ4n) is 1.51. The SMILES string of the molecule is CN=C(N)N1C[C@@H](C)O[C@@H](C)C1. The molecule has 12 heavy (non-hydrogen) atoms. The van der Waals surface area contributed by atoms with Gasteiger partial charge in [0.2, 0.25) is 0 Å². The summed E-state index contributed by atoms with van der Waals surface area (Å²) in [5.74, 6) is 0.608. The van der Waals surface area contributed by atoms with E-state index in [4.69, 9.17) is 10.5 Å². The second kappa shape index (κ2) is 3.76. The van der Waals surface area contributed by atoms with Crippen molar-refractivity contribution in [2.45, 2.75) is 26.1 Å². The van der Waals surface area contributed by atoms with Crippen molar-refractivity contribution in [3.63, 3.8) is 0 Å². The highest BCUT2D eigenvalue weighted by atomic mass is 16.5. The Morgan fingerprint density at radius 2 is 1.92 bits per heavy atom. The molecule has 1 fully saturated rings. The van der Waals surface area contributed by atoms with E-state index in [2.05, 4.69) is 9.89 Å². The molecule has 1 rings (SSSR count). The number of rotatable bonds is 0. The van der Waals surface area contributed by atoms with Crippen LogP contribution < -0.4 is 5.73 Å². The molecule has 2 atom stereocenters. The predicted octanol–water partition coefficient (Wildman–Crippen LogP) is 0.0401. The third kappa shape index (κ3) is 2.11. The maximum absolute atomic E-state index is 5.69. The number of morpholine rings is 1. The van der Waals surface area contributed by atoms with Crippen LogP contribution in [0.1, 0.15) is 13.8 Å². The van der Waals surface area contributed by atoms with E-state index in [1.165, 1.54) is 0 Å². The third-order valence-electron chi connectivity index (χ3n) is 1.97. The number of guanidine groups is 1. The molecule has 0 aromatic rings. The Hall–Kier alpha value is -0.770. The van der Waals surface area contributed by atoms with Crippen molar-refractivity contribution in [1.29, 1.82) is 0 Å². The number of hydrogen-bond acceptors (Lipinski definition) is 2. The molecule has 0 aliphatic carbocycles. The second-order valence-corrected chi connectivity index (χ2v) is 3.24. The summed E-state index contributed by atoms with van der Waals surface area (Å²) in [6.45, 7) is 5.78. The van der Waals surface area contributed by atoms with Crippen molar-refractivity contribution in [2.24, 2.45) is 10.7 Å². The van der Waals surface area contributed by atoms with Crippen LogP contribution in [0.5, 0.6) is 0 Å². The molecule has 4 heteroatoms. The van der Waals surface area contributed by atoms with Gasteiger partial charge in [-0.3, -0.25) is 4.99 Å². The average molecular weight is 171 g/mol. The van der Waals surface area contributed by atoms with E-state index in [1.807, 2.05) is 13.8 Å². The average Bonchev–Trinajstić information content (AvgIpc) is 2.01. The van der Waals surface area contributed by atoms with Gasteiger partial charge in [0, 0.05) is 20.1 Å². The van der Waals surface area contributed by atoms with Crippen LogP contribution in [-0.2, 0) is 4.74 Å². The van der Waals surface area contributed by atoms with E-state index in [0.717, 1.165) is 13.1 Å². The normalized spacial score (nSPS) is 32.2. The first kappa shape index (κ1) is 9.32. The largest absolute Gasteiger partial charge is 0.372 e. The summed E-state index contributed by atoms with van der Waals surface area (Å²) in [6, 6.07) is 0. The van der Waals surface area contributed by atoms with Crippen molar-refractivity contribution >= 4 is 5.96 Å². The number of aliphatic imine (C=N–C) groups is 1. The summed E-state index contributed by atoms with van der Waals surface area (Å²) in [4.78, 5) is 6.00. The molecule has 2 N–H and O–H groups in total. The Labute approximate surface area is 73.4 Å². The molecule has 0 spiro atoms. The van der Waals surface area contributed by atoms with Crippen LogP contribution in [0.25, 0.3) is 0 Å². The molecular weight excluding hydrogens is 154 g/mol. The predicted molar refractivity (Wildman–Crippen MR) is 49.1 cm³/mol.